The molecule has 152 valence electrons. The van der Waals surface area contributed by atoms with E-state index in [-0.39, 0.29) is 18.3 Å². The number of amides is 1. The summed E-state index contributed by atoms with van der Waals surface area (Å²) in [5.74, 6) is 0.200. The highest BCUT2D eigenvalue weighted by Crippen LogP contribution is 2.30. The minimum absolute atomic E-state index is 0.00641. The van der Waals surface area contributed by atoms with E-state index in [4.69, 9.17) is 14.0 Å². The van der Waals surface area contributed by atoms with Gasteiger partial charge in [0.2, 0.25) is 5.82 Å². The Kier molecular flexibility index (Phi) is 5.71. The lowest BCUT2D eigenvalue weighted by atomic mass is 10.1. The van der Waals surface area contributed by atoms with Gasteiger partial charge in [-0.15, -0.1) is 0 Å². The zero-order valence-electron chi connectivity index (χ0n) is 15.4. The Morgan fingerprint density at radius 3 is 2.24 bits per heavy atom. The highest BCUT2D eigenvalue weighted by molar-refractivity contribution is 5.89. The first-order valence-corrected chi connectivity index (χ1v) is 8.31. The van der Waals surface area contributed by atoms with Crippen molar-refractivity contribution in [2.45, 2.75) is 12.7 Å². The Morgan fingerprint density at radius 2 is 1.69 bits per heavy atom. The Balaban J connectivity index is 1.68. The molecule has 1 heterocycles. The second kappa shape index (κ2) is 8.21. The van der Waals surface area contributed by atoms with Crippen LogP contribution in [0.3, 0.4) is 0 Å². The number of halogens is 3. The molecule has 2 aromatic carbocycles. The second-order valence-electron chi connectivity index (χ2n) is 5.90. The van der Waals surface area contributed by atoms with E-state index in [9.17, 15) is 18.0 Å². The number of methoxy groups -OCH3 is 2. The average molecular weight is 407 g/mol. The molecule has 3 aromatic rings. The number of alkyl halides is 3. The number of nitrogens with one attached hydrogen (secondary N) is 1. The van der Waals surface area contributed by atoms with Crippen LogP contribution < -0.4 is 14.8 Å². The fraction of sp³-hybridized carbons (Fsp3) is 0.211. The number of hydrogen-bond acceptors (Lipinski definition) is 6. The number of benzene rings is 2. The molecule has 0 aliphatic heterocycles. The van der Waals surface area contributed by atoms with Crippen molar-refractivity contribution in [3.63, 3.8) is 0 Å². The van der Waals surface area contributed by atoms with Gasteiger partial charge in [0.15, 0.2) is 0 Å². The van der Waals surface area contributed by atoms with E-state index >= 15 is 0 Å². The first kappa shape index (κ1) is 20.2. The summed E-state index contributed by atoms with van der Waals surface area (Å²) < 4.78 is 53.1. The van der Waals surface area contributed by atoms with Gasteiger partial charge < -0.3 is 19.3 Å². The van der Waals surface area contributed by atoms with Gasteiger partial charge >= 0.3 is 18.0 Å². The van der Waals surface area contributed by atoms with E-state index in [0.717, 1.165) is 17.7 Å². The lowest BCUT2D eigenvalue weighted by Gasteiger charge is -2.08. The van der Waals surface area contributed by atoms with Crippen molar-refractivity contribution in [1.29, 1.82) is 0 Å². The Hall–Kier alpha value is -3.56. The molecular weight excluding hydrogens is 391 g/mol. The fourth-order valence-corrected chi connectivity index (χ4v) is 2.47. The normalized spacial score (nSPS) is 11.2. The molecule has 1 N–H and O–H groups in total. The molecule has 0 saturated heterocycles. The van der Waals surface area contributed by atoms with Crippen LogP contribution in [0.1, 0.15) is 21.8 Å². The standard InChI is InChI=1S/C19H16F3N3O4/c1-27-14-7-11(8-15(9-14)28-2)10-23-17(26)18-24-16(25-29-18)12-3-5-13(6-4-12)19(20,21)22/h3-9H,10H2,1-2H3,(H,23,26). The van der Waals surface area contributed by atoms with Crippen LogP contribution in [-0.4, -0.2) is 30.3 Å². The van der Waals surface area contributed by atoms with Gasteiger partial charge in [0.05, 0.1) is 19.8 Å². The van der Waals surface area contributed by atoms with Crippen molar-refractivity contribution >= 4 is 5.91 Å². The molecule has 0 bridgehead atoms. The zero-order valence-corrected chi connectivity index (χ0v) is 15.4. The Bertz CT molecular complexity index is 978. The molecule has 7 nitrogen and oxygen atoms in total. The van der Waals surface area contributed by atoms with Crippen molar-refractivity contribution < 1.29 is 32.0 Å². The molecule has 0 aliphatic rings. The van der Waals surface area contributed by atoms with Gasteiger partial charge in [-0.2, -0.15) is 18.2 Å². The summed E-state index contributed by atoms with van der Waals surface area (Å²) >= 11 is 0. The van der Waals surface area contributed by atoms with Crippen molar-refractivity contribution in [3.8, 4) is 22.9 Å². The van der Waals surface area contributed by atoms with Crippen LogP contribution in [0.4, 0.5) is 13.2 Å². The van der Waals surface area contributed by atoms with E-state index in [1.807, 2.05) is 0 Å². The summed E-state index contributed by atoms with van der Waals surface area (Å²) in [5.41, 5.74) is 0.215. The third-order valence-electron chi connectivity index (χ3n) is 3.95. The van der Waals surface area contributed by atoms with Gasteiger partial charge in [0.1, 0.15) is 11.5 Å². The predicted octanol–water partition coefficient (Wildman–Crippen LogP) is 3.70. The quantitative estimate of drug-likeness (QED) is 0.671. The lowest BCUT2D eigenvalue weighted by Crippen LogP contribution is -2.23. The summed E-state index contributed by atoms with van der Waals surface area (Å²) in [6.45, 7) is 0.143. The molecule has 29 heavy (non-hydrogen) atoms. The van der Waals surface area contributed by atoms with Gasteiger partial charge in [-0.1, -0.05) is 17.3 Å². The number of nitrogens with zero attached hydrogens (tertiary/aromatic N) is 2. The Morgan fingerprint density at radius 1 is 1.07 bits per heavy atom. The van der Waals surface area contributed by atoms with Crippen LogP contribution in [-0.2, 0) is 12.7 Å². The molecule has 0 aliphatic carbocycles. The molecule has 0 radical (unpaired) electrons. The molecular formula is C19H16F3N3O4. The molecule has 0 fully saturated rings. The van der Waals surface area contributed by atoms with E-state index in [2.05, 4.69) is 15.5 Å². The van der Waals surface area contributed by atoms with Crippen LogP contribution in [0.5, 0.6) is 11.5 Å². The van der Waals surface area contributed by atoms with E-state index in [0.29, 0.717) is 17.1 Å². The van der Waals surface area contributed by atoms with Crippen molar-refractivity contribution in [1.82, 2.24) is 15.5 Å². The molecule has 1 amide bonds. The third kappa shape index (κ3) is 4.84. The number of hydrogen-bond donors (Lipinski definition) is 1. The number of aromatic nitrogens is 2. The fourth-order valence-electron chi connectivity index (χ4n) is 2.47. The topological polar surface area (TPSA) is 86.5 Å². The SMILES string of the molecule is COc1cc(CNC(=O)c2nc(-c3ccc(C(F)(F)F)cc3)no2)cc(OC)c1. The molecule has 10 heteroatoms. The van der Waals surface area contributed by atoms with Crippen molar-refractivity contribution in [3.05, 3.63) is 59.5 Å². The first-order valence-electron chi connectivity index (χ1n) is 8.31. The summed E-state index contributed by atoms with van der Waals surface area (Å²) in [5, 5.41) is 6.26. The summed E-state index contributed by atoms with van der Waals surface area (Å²) in [6, 6.07) is 9.37. The van der Waals surface area contributed by atoms with E-state index in [1.54, 1.807) is 18.2 Å². The maximum atomic E-state index is 12.6. The summed E-state index contributed by atoms with van der Waals surface area (Å²) in [4.78, 5) is 16.2. The first-order chi connectivity index (χ1) is 13.8. The highest BCUT2D eigenvalue weighted by atomic mass is 19.4. The van der Waals surface area contributed by atoms with Crippen molar-refractivity contribution in [2.24, 2.45) is 0 Å². The largest absolute Gasteiger partial charge is 0.497 e. The van der Waals surface area contributed by atoms with Crippen LogP contribution in [0.15, 0.2) is 47.0 Å². The molecule has 0 spiro atoms. The third-order valence-corrected chi connectivity index (χ3v) is 3.95. The molecule has 1 aromatic heterocycles. The van der Waals surface area contributed by atoms with E-state index in [1.165, 1.54) is 26.4 Å². The number of ether oxygens (including phenoxy) is 2. The molecule has 3 rings (SSSR count). The minimum Gasteiger partial charge on any atom is -0.497 e. The molecule has 0 atom stereocenters. The van der Waals surface area contributed by atoms with Crippen molar-refractivity contribution in [2.75, 3.05) is 14.2 Å². The second-order valence-corrected chi connectivity index (χ2v) is 5.90. The monoisotopic (exact) mass is 407 g/mol. The number of carbonyl (C=O) groups excluding carboxylic acids is 1. The highest BCUT2D eigenvalue weighted by Gasteiger charge is 2.30. The minimum atomic E-state index is -4.44. The van der Waals surface area contributed by atoms with Gasteiger partial charge in [-0.25, -0.2) is 0 Å². The lowest BCUT2D eigenvalue weighted by molar-refractivity contribution is -0.137. The maximum absolute atomic E-state index is 12.6. The van der Waals surface area contributed by atoms with Gasteiger partial charge in [0.25, 0.3) is 0 Å². The van der Waals surface area contributed by atoms with Crippen LogP contribution in [0, 0.1) is 0 Å². The smallest absolute Gasteiger partial charge is 0.416 e. The summed E-state index contributed by atoms with van der Waals surface area (Å²) in [7, 11) is 3.02. The van der Waals surface area contributed by atoms with Crippen LogP contribution >= 0.6 is 0 Å². The maximum Gasteiger partial charge on any atom is 0.416 e. The average Bonchev–Trinajstić information content (AvgIpc) is 3.21. The number of rotatable bonds is 6. The van der Waals surface area contributed by atoms with Crippen LogP contribution in [0.25, 0.3) is 11.4 Å². The number of carbonyl (C=O) groups is 1. The van der Waals surface area contributed by atoms with Crippen LogP contribution in [0.2, 0.25) is 0 Å². The Labute approximate surface area is 163 Å². The molecule has 0 unspecified atom stereocenters. The van der Waals surface area contributed by atoms with Gasteiger partial charge in [-0.05, 0) is 29.8 Å². The van der Waals surface area contributed by atoms with Gasteiger partial charge in [-0.3, -0.25) is 4.79 Å². The van der Waals surface area contributed by atoms with E-state index < -0.39 is 17.6 Å². The summed E-state index contributed by atoms with van der Waals surface area (Å²) in [6.07, 6.45) is -4.44. The molecule has 0 saturated carbocycles. The zero-order chi connectivity index (χ0) is 21.0. The predicted molar refractivity (Wildman–Crippen MR) is 95.5 cm³/mol. The van der Waals surface area contributed by atoms with Gasteiger partial charge in [0, 0.05) is 18.2 Å².